The van der Waals surface area contributed by atoms with Crippen LogP contribution >= 0.6 is 0 Å². The first-order chi connectivity index (χ1) is 6.26. The largest absolute Gasteiger partial charge is 0.480 e. The van der Waals surface area contributed by atoms with E-state index in [1.54, 1.807) is 24.3 Å². The minimum absolute atomic E-state index is 0.238. The fourth-order valence-electron chi connectivity index (χ4n) is 1.43. The van der Waals surface area contributed by atoms with Gasteiger partial charge in [0, 0.05) is 0 Å². The topological polar surface area (TPSA) is 62.0 Å². The molecular formula is C9H8N2O2. The molecule has 1 atom stereocenters. The van der Waals surface area contributed by atoms with E-state index in [9.17, 15) is 4.79 Å². The number of nitrogens with zero attached hydrogens (tertiary/aromatic N) is 2. The fourth-order valence-corrected chi connectivity index (χ4v) is 1.43. The van der Waals surface area contributed by atoms with Crippen molar-refractivity contribution in [3.63, 3.8) is 0 Å². The lowest BCUT2D eigenvalue weighted by molar-refractivity contribution is -0.142. The Morgan fingerprint density at radius 2 is 2.38 bits per heavy atom. The van der Waals surface area contributed by atoms with Gasteiger partial charge in [0.1, 0.15) is 11.8 Å². The molecule has 4 heteroatoms. The Balaban J connectivity index is 2.51. The van der Waals surface area contributed by atoms with Gasteiger partial charge in [-0.15, -0.1) is 0 Å². The zero-order valence-corrected chi connectivity index (χ0v) is 6.84. The van der Waals surface area contributed by atoms with Gasteiger partial charge in [0.05, 0.1) is 12.3 Å². The second kappa shape index (κ2) is 2.65. The highest BCUT2D eigenvalue weighted by Crippen LogP contribution is 2.28. The summed E-state index contributed by atoms with van der Waals surface area (Å²) in [6.07, 6.45) is 8.23. The standard InChI is InChI=1S/C9H8N2O2/c12-8(13)9-4-2-1-3-7(9)11-6-10-5-9/h1-4,6H,5H2,(H,12,13). The number of hydrogen-bond acceptors (Lipinski definition) is 3. The minimum atomic E-state index is -1.02. The molecule has 1 aliphatic carbocycles. The zero-order chi connectivity index (χ0) is 9.31. The van der Waals surface area contributed by atoms with Crippen molar-refractivity contribution in [1.29, 1.82) is 0 Å². The molecule has 0 aromatic carbocycles. The van der Waals surface area contributed by atoms with Gasteiger partial charge in [-0.2, -0.15) is 0 Å². The van der Waals surface area contributed by atoms with Gasteiger partial charge in [-0.1, -0.05) is 18.2 Å². The molecule has 0 aromatic heterocycles. The van der Waals surface area contributed by atoms with Crippen LogP contribution in [0.5, 0.6) is 0 Å². The molecule has 0 saturated heterocycles. The van der Waals surface area contributed by atoms with E-state index in [4.69, 9.17) is 5.11 Å². The van der Waals surface area contributed by atoms with Crippen LogP contribution in [0.3, 0.4) is 0 Å². The van der Waals surface area contributed by atoms with Crippen LogP contribution in [0.15, 0.2) is 34.3 Å². The zero-order valence-electron chi connectivity index (χ0n) is 6.84. The van der Waals surface area contributed by atoms with E-state index in [0.717, 1.165) is 0 Å². The smallest absolute Gasteiger partial charge is 0.321 e. The van der Waals surface area contributed by atoms with Crippen LogP contribution < -0.4 is 0 Å². The van der Waals surface area contributed by atoms with Gasteiger partial charge < -0.3 is 5.11 Å². The Morgan fingerprint density at radius 1 is 1.54 bits per heavy atom. The number of aliphatic carboxylic acids is 1. The summed E-state index contributed by atoms with van der Waals surface area (Å²) in [5.74, 6) is -0.899. The van der Waals surface area contributed by atoms with E-state index >= 15 is 0 Å². The number of rotatable bonds is 1. The van der Waals surface area contributed by atoms with Crippen molar-refractivity contribution < 1.29 is 9.90 Å². The van der Waals surface area contributed by atoms with Crippen molar-refractivity contribution >= 4 is 18.0 Å². The lowest BCUT2D eigenvalue weighted by atomic mass is 9.79. The number of carboxylic acid groups (broad SMARTS) is 1. The molecule has 4 nitrogen and oxygen atoms in total. The van der Waals surface area contributed by atoms with Crippen LogP contribution in [0.1, 0.15) is 0 Å². The highest BCUT2D eigenvalue weighted by atomic mass is 16.4. The average molecular weight is 176 g/mol. The number of fused-ring (bicyclic) bond motifs is 1. The van der Waals surface area contributed by atoms with Gasteiger partial charge in [0.25, 0.3) is 0 Å². The van der Waals surface area contributed by atoms with Crippen LogP contribution in [0, 0.1) is 5.41 Å². The molecule has 1 heterocycles. The first-order valence-electron chi connectivity index (χ1n) is 3.91. The third-order valence-electron chi connectivity index (χ3n) is 2.20. The van der Waals surface area contributed by atoms with E-state index in [-0.39, 0.29) is 6.54 Å². The normalized spacial score (nSPS) is 29.7. The van der Waals surface area contributed by atoms with Gasteiger partial charge in [0.2, 0.25) is 0 Å². The summed E-state index contributed by atoms with van der Waals surface area (Å²) >= 11 is 0. The van der Waals surface area contributed by atoms with Crippen LogP contribution in [-0.4, -0.2) is 29.7 Å². The Kier molecular flexibility index (Phi) is 1.62. The third-order valence-corrected chi connectivity index (χ3v) is 2.20. The first kappa shape index (κ1) is 7.91. The maximum Gasteiger partial charge on any atom is 0.321 e. The van der Waals surface area contributed by atoms with Crippen molar-refractivity contribution in [2.24, 2.45) is 15.4 Å². The lowest BCUT2D eigenvalue weighted by Gasteiger charge is -2.27. The third kappa shape index (κ3) is 1.02. The van der Waals surface area contributed by atoms with Crippen molar-refractivity contribution in [1.82, 2.24) is 0 Å². The molecule has 0 aromatic rings. The number of aliphatic imine (C=N–C) groups is 2. The maximum absolute atomic E-state index is 11.1. The number of carboxylic acids is 1. The molecule has 0 fully saturated rings. The Hall–Kier alpha value is -1.71. The van der Waals surface area contributed by atoms with E-state index in [1.807, 2.05) is 0 Å². The fraction of sp³-hybridized carbons (Fsp3) is 0.222. The number of carbonyl (C=O) groups is 1. The molecule has 2 aliphatic rings. The van der Waals surface area contributed by atoms with Crippen LogP contribution in [0.4, 0.5) is 0 Å². The quantitative estimate of drug-likeness (QED) is 0.638. The molecule has 0 bridgehead atoms. The summed E-state index contributed by atoms with van der Waals surface area (Å²) in [6, 6.07) is 0. The minimum Gasteiger partial charge on any atom is -0.480 e. The summed E-state index contributed by atoms with van der Waals surface area (Å²) in [5, 5.41) is 9.08. The molecule has 0 radical (unpaired) electrons. The summed E-state index contributed by atoms with van der Waals surface area (Å²) < 4.78 is 0. The monoisotopic (exact) mass is 176 g/mol. The molecular weight excluding hydrogens is 168 g/mol. The highest BCUT2D eigenvalue weighted by molar-refractivity contribution is 6.17. The first-order valence-corrected chi connectivity index (χ1v) is 3.91. The van der Waals surface area contributed by atoms with Gasteiger partial charge in [-0.25, -0.2) is 4.99 Å². The summed E-state index contributed by atoms with van der Waals surface area (Å²) in [7, 11) is 0. The summed E-state index contributed by atoms with van der Waals surface area (Å²) in [6.45, 7) is 0.238. The van der Waals surface area contributed by atoms with Gasteiger partial charge in [-0.05, 0) is 6.08 Å². The lowest BCUT2D eigenvalue weighted by Crippen LogP contribution is -2.42. The number of allylic oxidation sites excluding steroid dienone is 3. The molecule has 0 spiro atoms. The second-order valence-electron chi connectivity index (χ2n) is 2.97. The van der Waals surface area contributed by atoms with Crippen molar-refractivity contribution in [2.75, 3.05) is 6.54 Å². The molecule has 1 N–H and O–H groups in total. The van der Waals surface area contributed by atoms with Crippen molar-refractivity contribution in [3.05, 3.63) is 24.3 Å². The van der Waals surface area contributed by atoms with Crippen molar-refractivity contribution in [3.8, 4) is 0 Å². The summed E-state index contributed by atoms with van der Waals surface area (Å²) in [5.41, 5.74) is -0.471. The van der Waals surface area contributed by atoms with E-state index in [2.05, 4.69) is 9.98 Å². The molecule has 66 valence electrons. The van der Waals surface area contributed by atoms with Gasteiger partial charge >= 0.3 is 5.97 Å². The predicted molar refractivity (Wildman–Crippen MR) is 49.1 cm³/mol. The number of hydrogen-bond donors (Lipinski definition) is 1. The Bertz CT molecular complexity index is 366. The van der Waals surface area contributed by atoms with E-state index in [1.165, 1.54) is 6.34 Å². The van der Waals surface area contributed by atoms with Gasteiger partial charge in [-0.3, -0.25) is 9.79 Å². The Labute approximate surface area is 75.0 Å². The second-order valence-corrected chi connectivity index (χ2v) is 2.97. The molecule has 1 aliphatic heterocycles. The average Bonchev–Trinajstić information content (AvgIpc) is 2.17. The van der Waals surface area contributed by atoms with Crippen LogP contribution in [0.25, 0.3) is 0 Å². The Morgan fingerprint density at radius 3 is 3.08 bits per heavy atom. The van der Waals surface area contributed by atoms with Gasteiger partial charge in [0.15, 0.2) is 0 Å². The summed E-state index contributed by atoms with van der Waals surface area (Å²) in [4.78, 5) is 18.9. The predicted octanol–water partition coefficient (Wildman–Crippen LogP) is 0.666. The van der Waals surface area contributed by atoms with E-state index < -0.39 is 11.4 Å². The van der Waals surface area contributed by atoms with E-state index in [0.29, 0.717) is 5.71 Å². The molecule has 0 amide bonds. The van der Waals surface area contributed by atoms with Crippen LogP contribution in [0.2, 0.25) is 0 Å². The molecule has 13 heavy (non-hydrogen) atoms. The van der Waals surface area contributed by atoms with Crippen LogP contribution in [-0.2, 0) is 4.79 Å². The maximum atomic E-state index is 11.1. The molecule has 2 rings (SSSR count). The molecule has 0 saturated carbocycles. The highest BCUT2D eigenvalue weighted by Gasteiger charge is 2.42. The molecule has 1 unspecified atom stereocenters. The SMILES string of the molecule is O=C(O)C12C=CC=CC1=NC=NC2. The van der Waals surface area contributed by atoms with Crippen molar-refractivity contribution in [2.45, 2.75) is 0 Å².